The van der Waals surface area contributed by atoms with Crippen molar-refractivity contribution in [1.82, 2.24) is 20.3 Å². The molecule has 1 aromatic carbocycles. The number of aryl methyl sites for hydroxylation is 1. The van der Waals surface area contributed by atoms with E-state index in [1.807, 2.05) is 0 Å². The second-order valence-corrected chi connectivity index (χ2v) is 6.63. The first-order chi connectivity index (χ1) is 14.6. The molecule has 0 spiro atoms. The molecule has 2 N–H and O–H groups in total. The normalized spacial score (nSPS) is 13.1. The Labute approximate surface area is 172 Å². The molecule has 1 amide bonds. The Morgan fingerprint density at radius 1 is 1.03 bits per heavy atom. The lowest BCUT2D eigenvalue weighted by Gasteiger charge is -2.23. The number of hydrogen-bond donors (Lipinski definition) is 2. The summed E-state index contributed by atoms with van der Waals surface area (Å²) in [6.07, 6.45) is -5.16. The van der Waals surface area contributed by atoms with Crippen LogP contribution < -0.4 is 5.32 Å². The van der Waals surface area contributed by atoms with Gasteiger partial charge in [-0.1, -0.05) is 12.1 Å². The second-order valence-electron chi connectivity index (χ2n) is 6.63. The number of H-pyrrole nitrogens is 1. The van der Waals surface area contributed by atoms with Crippen LogP contribution in [0.2, 0.25) is 0 Å². The summed E-state index contributed by atoms with van der Waals surface area (Å²) in [4.78, 5) is 22.8. The third kappa shape index (κ3) is 5.62. The monoisotopic (exact) mass is 442 g/mol. The molecule has 3 rings (SSSR count). The highest BCUT2D eigenvalue weighted by molar-refractivity contribution is 5.77. The largest absolute Gasteiger partial charge is 0.418 e. The number of carbonyl (C=O) groups excluding carboxylic acids is 1. The minimum Gasteiger partial charge on any atom is -0.348 e. The maximum absolute atomic E-state index is 13.5. The van der Waals surface area contributed by atoms with Crippen LogP contribution >= 0.6 is 0 Å². The average Bonchev–Trinajstić information content (AvgIpc) is 3.23. The first-order valence-electron chi connectivity index (χ1n) is 9.01. The number of rotatable bonds is 6. The molecule has 1 atom stereocenters. The third-order valence-corrected chi connectivity index (χ3v) is 4.47. The van der Waals surface area contributed by atoms with Gasteiger partial charge in [0.2, 0.25) is 5.91 Å². The van der Waals surface area contributed by atoms with Crippen molar-refractivity contribution in [2.75, 3.05) is 0 Å². The van der Waals surface area contributed by atoms with Gasteiger partial charge >= 0.3 is 12.4 Å². The van der Waals surface area contributed by atoms with Gasteiger partial charge in [-0.3, -0.25) is 9.78 Å². The Morgan fingerprint density at radius 2 is 1.74 bits per heavy atom. The van der Waals surface area contributed by atoms with Gasteiger partial charge < -0.3 is 10.3 Å². The molecule has 0 aliphatic heterocycles. The van der Waals surface area contributed by atoms with Crippen LogP contribution in [0.4, 0.5) is 26.3 Å². The minimum atomic E-state index is -4.77. The van der Waals surface area contributed by atoms with Gasteiger partial charge in [-0.2, -0.15) is 26.3 Å². The van der Waals surface area contributed by atoms with Crippen LogP contribution in [0.5, 0.6) is 0 Å². The fourth-order valence-electron chi connectivity index (χ4n) is 2.96. The van der Waals surface area contributed by atoms with E-state index in [9.17, 15) is 31.1 Å². The van der Waals surface area contributed by atoms with E-state index in [0.29, 0.717) is 5.69 Å². The highest BCUT2D eigenvalue weighted by atomic mass is 19.4. The molecule has 0 aliphatic carbocycles. The Balaban J connectivity index is 1.94. The summed E-state index contributed by atoms with van der Waals surface area (Å²) < 4.78 is 79.1. The van der Waals surface area contributed by atoms with Crippen LogP contribution in [0.3, 0.4) is 0 Å². The molecule has 0 aliphatic rings. The van der Waals surface area contributed by atoms with E-state index in [0.717, 1.165) is 42.6 Å². The summed E-state index contributed by atoms with van der Waals surface area (Å²) in [5, 5.41) is 2.47. The van der Waals surface area contributed by atoms with Gasteiger partial charge in [0.1, 0.15) is 0 Å². The van der Waals surface area contributed by atoms with E-state index in [1.165, 1.54) is 12.5 Å². The lowest BCUT2D eigenvalue weighted by Crippen LogP contribution is -2.32. The van der Waals surface area contributed by atoms with Gasteiger partial charge in [0.25, 0.3) is 0 Å². The van der Waals surface area contributed by atoms with Crippen molar-refractivity contribution in [1.29, 1.82) is 0 Å². The number of nitrogens with one attached hydrogen (secondary N) is 2. The number of pyridine rings is 1. The number of hydrogen-bond acceptors (Lipinski definition) is 3. The van der Waals surface area contributed by atoms with Gasteiger partial charge in [0, 0.05) is 24.5 Å². The molecular formula is C20H16F6N4O. The van der Waals surface area contributed by atoms with E-state index >= 15 is 0 Å². The van der Waals surface area contributed by atoms with Crippen LogP contribution in [-0.2, 0) is 23.6 Å². The fourth-order valence-corrected chi connectivity index (χ4v) is 2.96. The van der Waals surface area contributed by atoms with Crippen molar-refractivity contribution >= 4 is 5.91 Å². The minimum absolute atomic E-state index is 0.0343. The van der Waals surface area contributed by atoms with Gasteiger partial charge in [0.15, 0.2) is 0 Å². The summed E-state index contributed by atoms with van der Waals surface area (Å²) in [5.74, 6) is -0.599. The Hall–Kier alpha value is -3.37. The molecule has 11 heteroatoms. The molecule has 0 saturated heterocycles. The van der Waals surface area contributed by atoms with Gasteiger partial charge in [-0.15, -0.1) is 0 Å². The highest BCUT2D eigenvalue weighted by Crippen LogP contribution is 2.36. The number of aromatic amines is 1. The number of nitrogens with zero attached hydrogens (tertiary/aromatic N) is 2. The van der Waals surface area contributed by atoms with E-state index in [1.54, 1.807) is 0 Å². The third-order valence-electron chi connectivity index (χ3n) is 4.47. The molecule has 3 aromatic rings. The van der Waals surface area contributed by atoms with E-state index in [2.05, 4.69) is 20.3 Å². The van der Waals surface area contributed by atoms with Crippen LogP contribution in [-0.4, -0.2) is 20.9 Å². The van der Waals surface area contributed by atoms with Crippen LogP contribution in [0.25, 0.3) is 0 Å². The standard InChI is InChI=1S/C20H16F6N4O/c21-19(22,23)13-5-3-12(4-6-13)17(18-15(20(24,25)26)2-1-9-28-18)30-16(31)8-7-14-10-27-11-29-14/h1-6,9-11,17H,7-8H2,(H,27,29)(H,30,31)/t17-/m0/s1. The van der Waals surface area contributed by atoms with Crippen molar-refractivity contribution in [2.45, 2.75) is 31.2 Å². The number of imidazole rings is 1. The molecule has 0 bridgehead atoms. The fraction of sp³-hybridized carbons (Fsp3) is 0.250. The number of benzene rings is 1. The van der Waals surface area contributed by atoms with Crippen molar-refractivity contribution in [3.05, 3.63) is 83.2 Å². The SMILES string of the molecule is O=C(CCc1cnc[nH]1)N[C@@H](c1ccc(C(F)(F)F)cc1)c1ncccc1C(F)(F)F. The highest BCUT2D eigenvalue weighted by Gasteiger charge is 2.37. The maximum atomic E-state index is 13.5. The van der Waals surface area contributed by atoms with Gasteiger partial charge in [0.05, 0.1) is 29.2 Å². The summed E-state index contributed by atoms with van der Waals surface area (Å²) in [6, 6.07) is 4.04. The van der Waals surface area contributed by atoms with Crippen LogP contribution in [0, 0.1) is 0 Å². The number of aromatic nitrogens is 3. The predicted octanol–water partition coefficient (Wildman–Crippen LogP) is 4.68. The van der Waals surface area contributed by atoms with E-state index in [4.69, 9.17) is 0 Å². The topological polar surface area (TPSA) is 70.7 Å². The molecule has 0 unspecified atom stereocenters. The van der Waals surface area contributed by atoms with E-state index in [-0.39, 0.29) is 18.4 Å². The Bertz CT molecular complexity index is 1010. The summed E-state index contributed by atoms with van der Waals surface area (Å²) >= 11 is 0. The molecular weight excluding hydrogens is 426 g/mol. The molecule has 0 fully saturated rings. The molecule has 2 heterocycles. The number of carbonyl (C=O) groups is 1. The molecule has 5 nitrogen and oxygen atoms in total. The Kier molecular flexibility index (Phi) is 6.32. The summed E-state index contributed by atoms with van der Waals surface area (Å²) in [7, 11) is 0. The summed E-state index contributed by atoms with van der Waals surface area (Å²) in [5.41, 5.74) is -1.88. The lowest BCUT2D eigenvalue weighted by molar-refractivity contribution is -0.139. The van der Waals surface area contributed by atoms with Crippen molar-refractivity contribution in [3.63, 3.8) is 0 Å². The first-order valence-corrected chi connectivity index (χ1v) is 9.01. The zero-order valence-corrected chi connectivity index (χ0v) is 15.8. The smallest absolute Gasteiger partial charge is 0.348 e. The number of alkyl halides is 6. The van der Waals surface area contributed by atoms with Crippen LogP contribution in [0.15, 0.2) is 55.1 Å². The van der Waals surface area contributed by atoms with Gasteiger partial charge in [-0.05, 0) is 36.2 Å². The first kappa shape index (κ1) is 22.3. The maximum Gasteiger partial charge on any atom is 0.418 e. The average molecular weight is 442 g/mol. The molecule has 2 aromatic heterocycles. The van der Waals surface area contributed by atoms with Crippen molar-refractivity contribution in [3.8, 4) is 0 Å². The zero-order valence-electron chi connectivity index (χ0n) is 15.8. The van der Waals surface area contributed by atoms with Crippen molar-refractivity contribution in [2.24, 2.45) is 0 Å². The molecule has 164 valence electrons. The predicted molar refractivity (Wildman–Crippen MR) is 97.6 cm³/mol. The van der Waals surface area contributed by atoms with Crippen molar-refractivity contribution < 1.29 is 31.1 Å². The second kappa shape index (κ2) is 8.78. The summed E-state index contributed by atoms with van der Waals surface area (Å²) in [6.45, 7) is 0. The van der Waals surface area contributed by atoms with E-state index < -0.39 is 41.1 Å². The van der Waals surface area contributed by atoms with Gasteiger partial charge in [-0.25, -0.2) is 4.98 Å². The molecule has 0 saturated carbocycles. The number of amides is 1. The number of halogens is 6. The molecule has 31 heavy (non-hydrogen) atoms. The zero-order chi connectivity index (χ0) is 22.6. The van der Waals surface area contributed by atoms with Crippen LogP contribution in [0.1, 0.15) is 40.5 Å². The lowest BCUT2D eigenvalue weighted by atomic mass is 9.97. The Morgan fingerprint density at radius 3 is 2.32 bits per heavy atom. The quantitative estimate of drug-likeness (QED) is 0.545. The molecule has 0 radical (unpaired) electrons.